The first-order valence-corrected chi connectivity index (χ1v) is 7.55. The molecule has 0 radical (unpaired) electrons. The van der Waals surface area contributed by atoms with E-state index in [1.54, 1.807) is 18.6 Å². The third-order valence-corrected chi connectivity index (χ3v) is 3.80. The lowest BCUT2D eigenvalue weighted by molar-refractivity contribution is 0.0951. The Morgan fingerprint density at radius 3 is 2.96 bits per heavy atom. The van der Waals surface area contributed by atoms with E-state index in [0.29, 0.717) is 17.9 Å². The molecule has 120 valence electrons. The first-order valence-electron chi connectivity index (χ1n) is 7.55. The van der Waals surface area contributed by atoms with Gasteiger partial charge in [0, 0.05) is 30.2 Å². The molecule has 6 heteroatoms. The van der Waals surface area contributed by atoms with E-state index in [1.165, 1.54) is 0 Å². The van der Waals surface area contributed by atoms with E-state index in [-0.39, 0.29) is 12.7 Å². The molecular formula is C18H15N3O3. The summed E-state index contributed by atoms with van der Waals surface area (Å²) in [5.74, 6) is 1.32. The number of hydrogen-bond acceptors (Lipinski definition) is 4. The van der Waals surface area contributed by atoms with Crippen molar-refractivity contribution in [3.05, 3.63) is 72.3 Å². The van der Waals surface area contributed by atoms with Crippen LogP contribution in [0.1, 0.15) is 15.9 Å². The maximum absolute atomic E-state index is 12.4. The third-order valence-electron chi connectivity index (χ3n) is 3.80. The molecule has 3 aromatic rings. The molecule has 2 heterocycles. The fourth-order valence-corrected chi connectivity index (χ4v) is 2.55. The van der Waals surface area contributed by atoms with Crippen LogP contribution in [0.2, 0.25) is 0 Å². The van der Waals surface area contributed by atoms with E-state index in [9.17, 15) is 4.79 Å². The van der Waals surface area contributed by atoms with Crippen LogP contribution in [0.4, 0.5) is 0 Å². The highest BCUT2D eigenvalue weighted by Gasteiger charge is 2.13. The zero-order chi connectivity index (χ0) is 16.4. The van der Waals surface area contributed by atoms with Gasteiger partial charge in [0.05, 0.1) is 6.33 Å². The second-order valence-corrected chi connectivity index (χ2v) is 5.39. The molecule has 0 aliphatic carbocycles. The van der Waals surface area contributed by atoms with Gasteiger partial charge in [-0.15, -0.1) is 0 Å². The SMILES string of the molecule is O=C(NCc1ccc2c(c1)OCO2)c1cccc(-n2ccnc2)c1. The number of fused-ring (bicyclic) bond motifs is 1. The second kappa shape index (κ2) is 6.08. The molecule has 0 bridgehead atoms. The van der Waals surface area contributed by atoms with Crippen LogP contribution in [-0.4, -0.2) is 22.3 Å². The van der Waals surface area contributed by atoms with Crippen molar-refractivity contribution in [1.82, 2.24) is 14.9 Å². The third kappa shape index (κ3) is 2.81. The maximum atomic E-state index is 12.4. The van der Waals surface area contributed by atoms with Crippen LogP contribution in [0.25, 0.3) is 5.69 Å². The number of amides is 1. The molecule has 24 heavy (non-hydrogen) atoms. The molecule has 1 aliphatic rings. The fraction of sp³-hybridized carbons (Fsp3) is 0.111. The minimum Gasteiger partial charge on any atom is -0.454 e. The van der Waals surface area contributed by atoms with Crippen molar-refractivity contribution in [2.24, 2.45) is 0 Å². The minimum atomic E-state index is -0.130. The standard InChI is InChI=1S/C18H15N3O3/c22-18(14-2-1-3-15(9-14)21-7-6-19-11-21)20-10-13-4-5-16-17(8-13)24-12-23-16/h1-9,11H,10,12H2,(H,20,22). The number of hydrogen-bond donors (Lipinski definition) is 1. The highest BCUT2D eigenvalue weighted by Crippen LogP contribution is 2.32. The van der Waals surface area contributed by atoms with Crippen molar-refractivity contribution in [2.75, 3.05) is 6.79 Å². The summed E-state index contributed by atoms with van der Waals surface area (Å²) in [5, 5.41) is 2.92. The Kier molecular flexibility index (Phi) is 3.63. The molecule has 0 atom stereocenters. The van der Waals surface area contributed by atoms with Gasteiger partial charge in [0.25, 0.3) is 5.91 Å². The Hall–Kier alpha value is -3.28. The van der Waals surface area contributed by atoms with E-state index in [1.807, 2.05) is 47.2 Å². The van der Waals surface area contributed by atoms with Gasteiger partial charge in [0.1, 0.15) is 0 Å². The number of benzene rings is 2. The summed E-state index contributed by atoms with van der Waals surface area (Å²) in [4.78, 5) is 16.4. The molecule has 1 aromatic heterocycles. The molecule has 0 fully saturated rings. The molecule has 1 amide bonds. The molecule has 2 aromatic carbocycles. The molecule has 6 nitrogen and oxygen atoms in total. The van der Waals surface area contributed by atoms with E-state index < -0.39 is 0 Å². The summed E-state index contributed by atoms with van der Waals surface area (Å²) in [5.41, 5.74) is 2.45. The number of ether oxygens (including phenoxy) is 2. The monoisotopic (exact) mass is 321 g/mol. The summed E-state index contributed by atoms with van der Waals surface area (Å²) in [6, 6.07) is 13.0. The Morgan fingerprint density at radius 1 is 1.17 bits per heavy atom. The molecule has 1 aliphatic heterocycles. The van der Waals surface area contributed by atoms with Crippen LogP contribution in [0.5, 0.6) is 11.5 Å². The Labute approximate surface area is 138 Å². The van der Waals surface area contributed by atoms with Gasteiger partial charge in [-0.3, -0.25) is 4.79 Å². The van der Waals surface area contributed by atoms with E-state index in [0.717, 1.165) is 17.0 Å². The van der Waals surface area contributed by atoms with Crippen molar-refractivity contribution in [3.8, 4) is 17.2 Å². The van der Waals surface area contributed by atoms with Gasteiger partial charge in [0.2, 0.25) is 6.79 Å². The lowest BCUT2D eigenvalue weighted by atomic mass is 10.1. The number of aromatic nitrogens is 2. The van der Waals surface area contributed by atoms with Gasteiger partial charge in [0.15, 0.2) is 11.5 Å². The largest absolute Gasteiger partial charge is 0.454 e. The van der Waals surface area contributed by atoms with Crippen molar-refractivity contribution in [1.29, 1.82) is 0 Å². The van der Waals surface area contributed by atoms with Gasteiger partial charge in [-0.05, 0) is 35.9 Å². The predicted molar refractivity (Wildman–Crippen MR) is 87.3 cm³/mol. The normalized spacial score (nSPS) is 12.2. The highest BCUT2D eigenvalue weighted by atomic mass is 16.7. The smallest absolute Gasteiger partial charge is 0.251 e. The highest BCUT2D eigenvalue weighted by molar-refractivity contribution is 5.94. The average molecular weight is 321 g/mol. The summed E-state index contributed by atoms with van der Waals surface area (Å²) < 4.78 is 12.5. The second-order valence-electron chi connectivity index (χ2n) is 5.39. The molecule has 1 N–H and O–H groups in total. The first-order chi connectivity index (χ1) is 11.8. The molecule has 4 rings (SSSR count). The van der Waals surface area contributed by atoms with Gasteiger partial charge in [-0.25, -0.2) is 4.98 Å². The molecular weight excluding hydrogens is 306 g/mol. The van der Waals surface area contributed by atoms with Crippen LogP contribution < -0.4 is 14.8 Å². The van der Waals surface area contributed by atoms with Gasteiger partial charge < -0.3 is 19.4 Å². The maximum Gasteiger partial charge on any atom is 0.251 e. The fourth-order valence-electron chi connectivity index (χ4n) is 2.55. The van der Waals surface area contributed by atoms with Gasteiger partial charge >= 0.3 is 0 Å². The number of nitrogens with one attached hydrogen (secondary N) is 1. The molecule has 0 spiro atoms. The number of carbonyl (C=O) groups excluding carboxylic acids is 1. The van der Waals surface area contributed by atoms with Crippen molar-refractivity contribution in [3.63, 3.8) is 0 Å². The Morgan fingerprint density at radius 2 is 2.08 bits per heavy atom. The number of carbonyl (C=O) groups is 1. The van der Waals surface area contributed by atoms with E-state index in [4.69, 9.17) is 9.47 Å². The van der Waals surface area contributed by atoms with Crippen molar-refractivity contribution in [2.45, 2.75) is 6.54 Å². The van der Waals surface area contributed by atoms with Crippen molar-refractivity contribution >= 4 is 5.91 Å². The zero-order valence-electron chi connectivity index (χ0n) is 12.8. The zero-order valence-corrected chi connectivity index (χ0v) is 12.8. The summed E-state index contributed by atoms with van der Waals surface area (Å²) in [6.45, 7) is 0.664. The number of nitrogens with zero attached hydrogens (tertiary/aromatic N) is 2. The van der Waals surface area contributed by atoms with Crippen LogP contribution in [0, 0.1) is 0 Å². The summed E-state index contributed by atoms with van der Waals surface area (Å²) in [7, 11) is 0. The van der Waals surface area contributed by atoms with Crippen LogP contribution >= 0.6 is 0 Å². The Bertz CT molecular complexity index is 875. The minimum absolute atomic E-state index is 0.130. The summed E-state index contributed by atoms with van der Waals surface area (Å²) >= 11 is 0. The first kappa shape index (κ1) is 14.3. The lowest BCUT2D eigenvalue weighted by Gasteiger charge is -2.08. The van der Waals surface area contributed by atoms with Gasteiger partial charge in [-0.1, -0.05) is 12.1 Å². The van der Waals surface area contributed by atoms with Crippen LogP contribution in [-0.2, 0) is 6.54 Å². The average Bonchev–Trinajstić information content (AvgIpc) is 3.30. The quantitative estimate of drug-likeness (QED) is 0.802. The van der Waals surface area contributed by atoms with Crippen molar-refractivity contribution < 1.29 is 14.3 Å². The lowest BCUT2D eigenvalue weighted by Crippen LogP contribution is -2.22. The predicted octanol–water partition coefficient (Wildman–Crippen LogP) is 2.53. The Balaban J connectivity index is 1.46. The van der Waals surface area contributed by atoms with E-state index in [2.05, 4.69) is 10.3 Å². The van der Waals surface area contributed by atoms with Gasteiger partial charge in [-0.2, -0.15) is 0 Å². The molecule has 0 saturated heterocycles. The topological polar surface area (TPSA) is 65.4 Å². The number of imidazole rings is 1. The summed E-state index contributed by atoms with van der Waals surface area (Å²) in [6.07, 6.45) is 5.24. The molecule has 0 saturated carbocycles. The number of rotatable bonds is 4. The van der Waals surface area contributed by atoms with E-state index >= 15 is 0 Å². The molecule has 0 unspecified atom stereocenters. The van der Waals surface area contributed by atoms with Crippen LogP contribution in [0.15, 0.2) is 61.2 Å². The van der Waals surface area contributed by atoms with Crippen LogP contribution in [0.3, 0.4) is 0 Å².